The molecular weight excluding hydrogens is 272 g/mol. The van der Waals surface area contributed by atoms with Gasteiger partial charge in [0.15, 0.2) is 0 Å². The quantitative estimate of drug-likeness (QED) is 0.890. The van der Waals surface area contributed by atoms with Gasteiger partial charge in [-0.05, 0) is 62.4 Å². The van der Waals surface area contributed by atoms with Crippen LogP contribution < -0.4 is 10.6 Å². The van der Waals surface area contributed by atoms with Crippen LogP contribution in [0.4, 0.5) is 5.69 Å². The molecule has 1 aromatic carbocycles. The first-order chi connectivity index (χ1) is 9.56. The minimum atomic E-state index is 0.0588. The minimum absolute atomic E-state index is 0.0588. The van der Waals surface area contributed by atoms with E-state index in [1.807, 2.05) is 25.1 Å². The summed E-state index contributed by atoms with van der Waals surface area (Å²) in [5, 5.41) is 6.89. The molecule has 1 aliphatic rings. The van der Waals surface area contributed by atoms with Crippen molar-refractivity contribution < 1.29 is 4.79 Å². The zero-order chi connectivity index (χ0) is 14.5. The molecule has 1 amide bonds. The van der Waals surface area contributed by atoms with E-state index in [0.29, 0.717) is 29.0 Å². The number of anilines is 1. The van der Waals surface area contributed by atoms with Crippen molar-refractivity contribution in [2.45, 2.75) is 33.1 Å². The van der Waals surface area contributed by atoms with E-state index >= 15 is 0 Å². The molecule has 0 saturated carbocycles. The number of benzene rings is 1. The smallest absolute Gasteiger partial charge is 0.224 e. The van der Waals surface area contributed by atoms with Crippen LogP contribution in [-0.2, 0) is 4.79 Å². The van der Waals surface area contributed by atoms with E-state index in [9.17, 15) is 4.79 Å². The van der Waals surface area contributed by atoms with Gasteiger partial charge in [-0.15, -0.1) is 0 Å². The first kappa shape index (κ1) is 15.3. The van der Waals surface area contributed by atoms with Gasteiger partial charge < -0.3 is 10.6 Å². The van der Waals surface area contributed by atoms with Crippen LogP contribution in [0, 0.1) is 18.8 Å². The largest absolute Gasteiger partial charge is 0.325 e. The number of nitrogens with one attached hydrogen (secondary N) is 2. The van der Waals surface area contributed by atoms with E-state index in [1.54, 1.807) is 0 Å². The average Bonchev–Trinajstić information content (AvgIpc) is 2.43. The molecule has 0 aromatic heterocycles. The van der Waals surface area contributed by atoms with Gasteiger partial charge in [0.2, 0.25) is 5.91 Å². The Balaban J connectivity index is 1.89. The fraction of sp³-hybridized carbons (Fsp3) is 0.562. The Bertz CT molecular complexity index is 470. The number of piperidine rings is 1. The molecule has 0 radical (unpaired) electrons. The van der Waals surface area contributed by atoms with Crippen molar-refractivity contribution in [2.75, 3.05) is 18.4 Å². The molecule has 1 unspecified atom stereocenters. The molecule has 1 heterocycles. The second-order valence-electron chi connectivity index (χ2n) is 5.80. The number of carbonyl (C=O) groups is 1. The number of hydrogen-bond acceptors (Lipinski definition) is 2. The second kappa shape index (κ2) is 7.09. The number of hydrogen-bond donors (Lipinski definition) is 2. The fourth-order valence-corrected chi connectivity index (χ4v) is 2.97. The summed E-state index contributed by atoms with van der Waals surface area (Å²) in [4.78, 5) is 12.1. The number of aryl methyl sites for hydroxylation is 1. The van der Waals surface area contributed by atoms with Crippen LogP contribution in [0.5, 0.6) is 0 Å². The zero-order valence-electron chi connectivity index (χ0n) is 12.2. The normalized spacial score (nSPS) is 17.8. The lowest BCUT2D eigenvalue weighted by atomic mass is 9.84. The Hall–Kier alpha value is -1.06. The first-order valence-corrected chi connectivity index (χ1v) is 7.71. The molecule has 0 bridgehead atoms. The Kier molecular flexibility index (Phi) is 5.44. The predicted octanol–water partition coefficient (Wildman–Crippen LogP) is 3.61. The van der Waals surface area contributed by atoms with Crippen molar-refractivity contribution in [3.63, 3.8) is 0 Å². The maximum Gasteiger partial charge on any atom is 0.224 e. The van der Waals surface area contributed by atoms with Crippen LogP contribution in [-0.4, -0.2) is 19.0 Å². The van der Waals surface area contributed by atoms with Crippen LogP contribution >= 0.6 is 11.6 Å². The van der Waals surface area contributed by atoms with Gasteiger partial charge in [-0.3, -0.25) is 4.79 Å². The highest BCUT2D eigenvalue weighted by atomic mass is 35.5. The highest BCUT2D eigenvalue weighted by molar-refractivity contribution is 6.33. The van der Waals surface area contributed by atoms with Crippen LogP contribution in [0.3, 0.4) is 0 Å². The molecule has 1 aromatic rings. The van der Waals surface area contributed by atoms with Gasteiger partial charge in [0.25, 0.3) is 0 Å². The monoisotopic (exact) mass is 294 g/mol. The molecule has 1 saturated heterocycles. The van der Waals surface area contributed by atoms with E-state index in [-0.39, 0.29) is 5.91 Å². The zero-order valence-corrected chi connectivity index (χ0v) is 13.0. The molecule has 1 atom stereocenters. The molecule has 1 aliphatic heterocycles. The van der Waals surface area contributed by atoms with Gasteiger partial charge >= 0.3 is 0 Å². The van der Waals surface area contributed by atoms with Crippen molar-refractivity contribution in [3.05, 3.63) is 28.8 Å². The highest BCUT2D eigenvalue weighted by Gasteiger charge is 2.22. The van der Waals surface area contributed by atoms with Crippen LogP contribution in [0.1, 0.15) is 31.7 Å². The summed E-state index contributed by atoms with van der Waals surface area (Å²) >= 11 is 6.10. The maximum absolute atomic E-state index is 12.1. The Morgan fingerprint density at radius 2 is 2.15 bits per heavy atom. The van der Waals surface area contributed by atoms with Gasteiger partial charge in [-0.25, -0.2) is 0 Å². The number of carbonyl (C=O) groups excluding carboxylic acids is 1. The molecule has 2 rings (SSSR count). The third-order valence-corrected chi connectivity index (χ3v) is 4.42. The van der Waals surface area contributed by atoms with E-state index in [2.05, 4.69) is 17.6 Å². The van der Waals surface area contributed by atoms with Crippen LogP contribution in [0.2, 0.25) is 5.02 Å². The Morgan fingerprint density at radius 3 is 2.85 bits per heavy atom. The summed E-state index contributed by atoms with van der Waals surface area (Å²) in [5.41, 5.74) is 1.81. The number of amides is 1. The molecule has 2 N–H and O–H groups in total. The van der Waals surface area contributed by atoms with Crippen molar-refractivity contribution >= 4 is 23.2 Å². The molecule has 110 valence electrons. The minimum Gasteiger partial charge on any atom is -0.325 e. The van der Waals surface area contributed by atoms with Gasteiger partial charge in [-0.1, -0.05) is 24.6 Å². The van der Waals surface area contributed by atoms with E-state index in [4.69, 9.17) is 11.6 Å². The summed E-state index contributed by atoms with van der Waals surface area (Å²) in [6, 6.07) is 5.67. The Morgan fingerprint density at radius 1 is 1.45 bits per heavy atom. The molecule has 0 spiro atoms. The molecule has 4 heteroatoms. The lowest BCUT2D eigenvalue weighted by molar-refractivity contribution is -0.117. The molecule has 0 aliphatic carbocycles. The lowest BCUT2D eigenvalue weighted by Gasteiger charge is -2.27. The van der Waals surface area contributed by atoms with Gasteiger partial charge in [-0.2, -0.15) is 0 Å². The third-order valence-electron chi connectivity index (χ3n) is 4.09. The summed E-state index contributed by atoms with van der Waals surface area (Å²) in [5.74, 6) is 1.12. The summed E-state index contributed by atoms with van der Waals surface area (Å²) < 4.78 is 0. The van der Waals surface area contributed by atoms with Gasteiger partial charge in [0, 0.05) is 6.42 Å². The maximum atomic E-state index is 12.1. The molecular formula is C16H23ClN2O. The lowest BCUT2D eigenvalue weighted by Crippen LogP contribution is -2.32. The van der Waals surface area contributed by atoms with Crippen LogP contribution in [0.15, 0.2) is 18.2 Å². The average molecular weight is 295 g/mol. The topological polar surface area (TPSA) is 41.1 Å². The van der Waals surface area contributed by atoms with Crippen molar-refractivity contribution in [3.8, 4) is 0 Å². The number of halogens is 1. The van der Waals surface area contributed by atoms with Crippen molar-refractivity contribution in [1.29, 1.82) is 0 Å². The third kappa shape index (κ3) is 4.22. The predicted molar refractivity (Wildman–Crippen MR) is 84.2 cm³/mol. The number of rotatable bonds is 4. The highest BCUT2D eigenvalue weighted by Crippen LogP contribution is 2.26. The van der Waals surface area contributed by atoms with E-state index in [1.165, 1.54) is 12.8 Å². The molecule has 20 heavy (non-hydrogen) atoms. The summed E-state index contributed by atoms with van der Waals surface area (Å²) in [6.07, 6.45) is 2.90. The van der Waals surface area contributed by atoms with E-state index in [0.717, 1.165) is 18.7 Å². The Labute approximate surface area is 126 Å². The summed E-state index contributed by atoms with van der Waals surface area (Å²) in [6.45, 7) is 6.30. The van der Waals surface area contributed by atoms with Crippen molar-refractivity contribution in [2.24, 2.45) is 11.8 Å². The molecule has 1 fully saturated rings. The molecule has 3 nitrogen and oxygen atoms in total. The van der Waals surface area contributed by atoms with Crippen molar-refractivity contribution in [1.82, 2.24) is 5.32 Å². The SMILES string of the molecule is Cc1ccc(Cl)c(NC(=O)CC(C)C2CCNCC2)c1. The standard InChI is InChI=1S/C16H23ClN2O/c1-11-3-4-14(17)15(9-11)19-16(20)10-12(2)13-5-7-18-8-6-13/h3-4,9,12-13,18H,5-8,10H2,1-2H3,(H,19,20). The van der Waals surface area contributed by atoms with E-state index < -0.39 is 0 Å². The second-order valence-corrected chi connectivity index (χ2v) is 6.21. The summed E-state index contributed by atoms with van der Waals surface area (Å²) in [7, 11) is 0. The van der Waals surface area contributed by atoms with Gasteiger partial charge in [0.05, 0.1) is 10.7 Å². The van der Waals surface area contributed by atoms with Gasteiger partial charge in [0.1, 0.15) is 0 Å². The fourth-order valence-electron chi connectivity index (χ4n) is 2.81. The first-order valence-electron chi connectivity index (χ1n) is 7.33. The van der Waals surface area contributed by atoms with Crippen LogP contribution in [0.25, 0.3) is 0 Å².